The lowest BCUT2D eigenvalue weighted by Crippen LogP contribution is -2.43. The standard InChI is InChI=1S/C14H22FN3O/c1-14(2,3)12-8-13(17-10-16-12)18-6-7-19-11(9-18)4-5-15/h8,10-11H,4-7,9H2,1-3H3/t11-/m0/s1. The summed E-state index contributed by atoms with van der Waals surface area (Å²) in [5.74, 6) is 0.909. The molecule has 5 heteroatoms. The van der Waals surface area contributed by atoms with Crippen LogP contribution in [0.3, 0.4) is 0 Å². The van der Waals surface area contributed by atoms with Crippen LogP contribution in [0.15, 0.2) is 12.4 Å². The molecular weight excluding hydrogens is 245 g/mol. The highest BCUT2D eigenvalue weighted by molar-refractivity contribution is 5.40. The molecule has 2 heterocycles. The van der Waals surface area contributed by atoms with Crippen LogP contribution in [0.25, 0.3) is 0 Å². The van der Waals surface area contributed by atoms with Gasteiger partial charge in [0.25, 0.3) is 0 Å². The molecule has 1 atom stereocenters. The third kappa shape index (κ3) is 3.62. The first kappa shape index (κ1) is 14.2. The highest BCUT2D eigenvalue weighted by Crippen LogP contribution is 2.24. The van der Waals surface area contributed by atoms with Crippen molar-refractivity contribution in [1.82, 2.24) is 9.97 Å². The Morgan fingerprint density at radius 2 is 2.21 bits per heavy atom. The fourth-order valence-corrected chi connectivity index (χ4v) is 2.15. The maximum absolute atomic E-state index is 12.4. The quantitative estimate of drug-likeness (QED) is 0.842. The van der Waals surface area contributed by atoms with E-state index in [9.17, 15) is 4.39 Å². The summed E-state index contributed by atoms with van der Waals surface area (Å²) in [6.07, 6.45) is 2.02. The molecule has 0 aliphatic carbocycles. The van der Waals surface area contributed by atoms with Crippen LogP contribution in [0.2, 0.25) is 0 Å². The molecule has 1 aliphatic heterocycles. The minimum Gasteiger partial charge on any atom is -0.374 e. The minimum absolute atomic E-state index is 0.00230. The number of rotatable bonds is 3. The van der Waals surface area contributed by atoms with Crippen molar-refractivity contribution in [2.24, 2.45) is 0 Å². The lowest BCUT2D eigenvalue weighted by atomic mass is 9.92. The van der Waals surface area contributed by atoms with Crippen LogP contribution in [0, 0.1) is 0 Å². The van der Waals surface area contributed by atoms with E-state index in [2.05, 4.69) is 35.6 Å². The highest BCUT2D eigenvalue weighted by atomic mass is 19.1. The molecule has 0 spiro atoms. The molecule has 2 rings (SSSR count). The molecule has 0 saturated carbocycles. The molecule has 1 fully saturated rings. The molecule has 1 aromatic rings. The van der Waals surface area contributed by atoms with Crippen molar-refractivity contribution in [3.8, 4) is 0 Å². The van der Waals surface area contributed by atoms with Gasteiger partial charge in [-0.25, -0.2) is 9.97 Å². The Bertz CT molecular complexity index is 417. The largest absolute Gasteiger partial charge is 0.374 e. The van der Waals surface area contributed by atoms with Gasteiger partial charge in [-0.2, -0.15) is 0 Å². The first-order valence-electron chi connectivity index (χ1n) is 6.76. The second kappa shape index (κ2) is 5.82. The second-order valence-electron chi connectivity index (χ2n) is 5.93. The fraction of sp³-hybridized carbons (Fsp3) is 0.714. The molecule has 0 aromatic carbocycles. The second-order valence-corrected chi connectivity index (χ2v) is 5.93. The van der Waals surface area contributed by atoms with Crippen molar-refractivity contribution in [3.63, 3.8) is 0 Å². The molecule has 0 amide bonds. The van der Waals surface area contributed by atoms with Gasteiger partial charge in [0.1, 0.15) is 12.1 Å². The Morgan fingerprint density at radius 3 is 2.89 bits per heavy atom. The van der Waals surface area contributed by atoms with Crippen LogP contribution in [0.5, 0.6) is 0 Å². The first-order chi connectivity index (χ1) is 9.00. The van der Waals surface area contributed by atoms with Gasteiger partial charge in [0.15, 0.2) is 0 Å². The monoisotopic (exact) mass is 267 g/mol. The summed E-state index contributed by atoms with van der Waals surface area (Å²) in [4.78, 5) is 10.8. The first-order valence-corrected chi connectivity index (χ1v) is 6.76. The number of alkyl halides is 1. The van der Waals surface area contributed by atoms with Crippen molar-refractivity contribution in [2.45, 2.75) is 38.7 Å². The Balaban J connectivity index is 2.13. The van der Waals surface area contributed by atoms with E-state index in [1.54, 1.807) is 6.33 Å². The van der Waals surface area contributed by atoms with E-state index in [0.29, 0.717) is 19.6 Å². The number of morpholine rings is 1. The van der Waals surface area contributed by atoms with E-state index in [1.165, 1.54) is 0 Å². The smallest absolute Gasteiger partial charge is 0.132 e. The predicted octanol–water partition coefficient (Wildman–Crippen LogP) is 2.34. The maximum atomic E-state index is 12.4. The summed E-state index contributed by atoms with van der Waals surface area (Å²) in [6, 6.07) is 2.03. The molecule has 4 nitrogen and oxygen atoms in total. The third-order valence-electron chi connectivity index (χ3n) is 3.31. The minimum atomic E-state index is -0.338. The molecule has 0 radical (unpaired) electrons. The zero-order valence-corrected chi connectivity index (χ0v) is 11.9. The van der Waals surface area contributed by atoms with Crippen LogP contribution in [-0.2, 0) is 10.2 Å². The Morgan fingerprint density at radius 1 is 1.42 bits per heavy atom. The van der Waals surface area contributed by atoms with Gasteiger partial charge >= 0.3 is 0 Å². The van der Waals surface area contributed by atoms with Gasteiger partial charge in [-0.3, -0.25) is 4.39 Å². The van der Waals surface area contributed by atoms with Crippen molar-refractivity contribution in [2.75, 3.05) is 31.3 Å². The molecule has 1 aromatic heterocycles. The van der Waals surface area contributed by atoms with E-state index in [0.717, 1.165) is 18.1 Å². The molecule has 1 saturated heterocycles. The molecule has 1 aliphatic rings. The number of ether oxygens (including phenoxy) is 1. The van der Waals surface area contributed by atoms with Crippen molar-refractivity contribution in [1.29, 1.82) is 0 Å². The lowest BCUT2D eigenvalue weighted by Gasteiger charge is -2.33. The number of nitrogens with zero attached hydrogens (tertiary/aromatic N) is 3. The number of halogens is 1. The van der Waals surface area contributed by atoms with Gasteiger partial charge in [-0.15, -0.1) is 0 Å². The molecule has 0 bridgehead atoms. The van der Waals surface area contributed by atoms with Crippen molar-refractivity contribution in [3.05, 3.63) is 18.1 Å². The van der Waals surface area contributed by atoms with E-state index in [4.69, 9.17) is 4.74 Å². The van der Waals surface area contributed by atoms with E-state index in [-0.39, 0.29) is 18.2 Å². The molecule has 106 valence electrons. The van der Waals surface area contributed by atoms with Crippen molar-refractivity contribution < 1.29 is 9.13 Å². The summed E-state index contributed by atoms with van der Waals surface area (Å²) in [5.41, 5.74) is 1.02. The average Bonchev–Trinajstić information content (AvgIpc) is 2.39. The van der Waals surface area contributed by atoms with Crippen molar-refractivity contribution >= 4 is 5.82 Å². The van der Waals surface area contributed by atoms with Crippen LogP contribution >= 0.6 is 0 Å². The van der Waals surface area contributed by atoms with Gasteiger partial charge in [-0.1, -0.05) is 20.8 Å². The number of anilines is 1. The average molecular weight is 267 g/mol. The predicted molar refractivity (Wildman–Crippen MR) is 73.3 cm³/mol. The van der Waals surface area contributed by atoms with Gasteiger partial charge in [-0.05, 0) is 0 Å². The van der Waals surface area contributed by atoms with Crippen LogP contribution in [-0.4, -0.2) is 42.4 Å². The number of aromatic nitrogens is 2. The van der Waals surface area contributed by atoms with Crippen LogP contribution < -0.4 is 4.90 Å². The summed E-state index contributed by atoms with van der Waals surface area (Å²) >= 11 is 0. The summed E-state index contributed by atoms with van der Waals surface area (Å²) < 4.78 is 17.9. The Labute approximate surface area is 114 Å². The topological polar surface area (TPSA) is 38.2 Å². The van der Waals surface area contributed by atoms with Crippen LogP contribution in [0.4, 0.5) is 10.2 Å². The number of hydrogen-bond acceptors (Lipinski definition) is 4. The van der Waals surface area contributed by atoms with E-state index < -0.39 is 0 Å². The lowest BCUT2D eigenvalue weighted by molar-refractivity contribution is 0.0310. The fourth-order valence-electron chi connectivity index (χ4n) is 2.15. The summed E-state index contributed by atoms with van der Waals surface area (Å²) in [6.45, 7) is 8.17. The molecule has 0 unspecified atom stereocenters. The SMILES string of the molecule is CC(C)(C)c1cc(N2CCO[C@@H](CCF)C2)ncn1. The van der Waals surface area contributed by atoms with E-state index in [1.807, 2.05) is 6.07 Å². The summed E-state index contributed by atoms with van der Waals surface area (Å²) in [5, 5.41) is 0. The van der Waals surface area contributed by atoms with Gasteiger partial charge < -0.3 is 9.64 Å². The Kier molecular flexibility index (Phi) is 4.34. The zero-order chi connectivity index (χ0) is 13.9. The van der Waals surface area contributed by atoms with Gasteiger partial charge in [0.05, 0.1) is 25.1 Å². The Hall–Kier alpha value is -1.23. The van der Waals surface area contributed by atoms with Crippen LogP contribution in [0.1, 0.15) is 32.9 Å². The number of hydrogen-bond donors (Lipinski definition) is 0. The normalized spacial score (nSPS) is 20.6. The zero-order valence-electron chi connectivity index (χ0n) is 11.9. The third-order valence-corrected chi connectivity index (χ3v) is 3.31. The molecule has 0 N–H and O–H groups in total. The molecular formula is C14H22FN3O. The molecule has 19 heavy (non-hydrogen) atoms. The van der Waals surface area contributed by atoms with E-state index >= 15 is 0 Å². The highest BCUT2D eigenvalue weighted by Gasteiger charge is 2.23. The van der Waals surface area contributed by atoms with Gasteiger partial charge in [0.2, 0.25) is 0 Å². The van der Waals surface area contributed by atoms with Gasteiger partial charge in [0, 0.05) is 31.0 Å². The maximum Gasteiger partial charge on any atom is 0.132 e. The summed E-state index contributed by atoms with van der Waals surface area (Å²) in [7, 11) is 0.